The molecule has 0 amide bonds. The topological polar surface area (TPSA) is 70.2 Å². The van der Waals surface area contributed by atoms with Crippen LogP contribution in [0.4, 0.5) is 0 Å². The van der Waals surface area contributed by atoms with Gasteiger partial charge in [0.25, 0.3) is 0 Å². The number of imidazole rings is 2. The third-order valence-corrected chi connectivity index (χ3v) is 7.67. The lowest BCUT2D eigenvalue weighted by atomic mass is 10.0. The molecule has 6 heteroatoms. The van der Waals surface area contributed by atoms with Crippen molar-refractivity contribution in [3.05, 3.63) is 77.8 Å². The van der Waals surface area contributed by atoms with E-state index < -0.39 is 0 Å². The van der Waals surface area contributed by atoms with Crippen LogP contribution < -0.4 is 0 Å². The monoisotopic (exact) mass is 473 g/mol. The average Bonchev–Trinajstić information content (AvgIpc) is 3.62. The van der Waals surface area contributed by atoms with E-state index in [0.29, 0.717) is 5.92 Å². The van der Waals surface area contributed by atoms with E-state index in [-0.39, 0.29) is 0 Å². The second-order valence-corrected chi connectivity index (χ2v) is 10.3. The Morgan fingerprint density at radius 2 is 1.71 bits per heavy atom. The fraction of sp³-hybridized carbons (Fsp3) is 0.138. The van der Waals surface area contributed by atoms with Gasteiger partial charge in [-0.25, -0.2) is 15.0 Å². The van der Waals surface area contributed by atoms with Crippen LogP contribution in [0.25, 0.3) is 65.3 Å². The van der Waals surface area contributed by atoms with E-state index in [0.717, 1.165) is 56.1 Å². The fourth-order valence-corrected chi connectivity index (χ4v) is 5.82. The first-order valence-electron chi connectivity index (χ1n) is 11.8. The standard InChI is InChI=1S/C29H23N5S/c1-15(2)29-33-26-20-7-4-19(13-22(20)28-21(10-11-35-28)27(26)34-29)24-8-5-17-12-18(6-9-23(17)32-24)25-14-30-16(3)31-25/h4-15H,1-3H3,(H,30,31)(H,33,34). The number of aryl methyl sites for hydroxylation is 1. The Bertz CT molecular complexity index is 1900. The molecule has 170 valence electrons. The number of hydrogen-bond acceptors (Lipinski definition) is 4. The first-order chi connectivity index (χ1) is 17.0. The molecule has 0 bridgehead atoms. The summed E-state index contributed by atoms with van der Waals surface area (Å²) < 4.78 is 1.27. The molecular weight excluding hydrogens is 450 g/mol. The minimum Gasteiger partial charge on any atom is -0.342 e. The van der Waals surface area contributed by atoms with Gasteiger partial charge in [-0.3, -0.25) is 0 Å². The van der Waals surface area contributed by atoms with E-state index in [1.54, 1.807) is 11.3 Å². The normalized spacial score (nSPS) is 12.1. The summed E-state index contributed by atoms with van der Waals surface area (Å²) in [5, 5.41) is 6.93. The molecule has 7 aromatic rings. The minimum atomic E-state index is 0.352. The van der Waals surface area contributed by atoms with Crippen LogP contribution in [0.15, 0.2) is 66.2 Å². The maximum Gasteiger partial charge on any atom is 0.109 e. The summed E-state index contributed by atoms with van der Waals surface area (Å²) in [4.78, 5) is 21.2. The van der Waals surface area contributed by atoms with Gasteiger partial charge in [-0.2, -0.15) is 0 Å². The Morgan fingerprint density at radius 3 is 2.54 bits per heavy atom. The first-order valence-corrected chi connectivity index (χ1v) is 12.7. The molecule has 5 nitrogen and oxygen atoms in total. The van der Waals surface area contributed by atoms with Gasteiger partial charge in [0.1, 0.15) is 11.6 Å². The number of nitrogens with one attached hydrogen (secondary N) is 2. The minimum absolute atomic E-state index is 0.352. The third kappa shape index (κ3) is 3.17. The zero-order valence-corrected chi connectivity index (χ0v) is 20.5. The molecule has 4 aromatic heterocycles. The Morgan fingerprint density at radius 1 is 0.829 bits per heavy atom. The molecule has 0 aliphatic heterocycles. The number of rotatable bonds is 3. The van der Waals surface area contributed by atoms with Gasteiger partial charge in [0.15, 0.2) is 0 Å². The van der Waals surface area contributed by atoms with Crippen molar-refractivity contribution in [2.45, 2.75) is 26.7 Å². The van der Waals surface area contributed by atoms with Gasteiger partial charge in [0, 0.05) is 43.3 Å². The van der Waals surface area contributed by atoms with Gasteiger partial charge in [0.2, 0.25) is 0 Å². The van der Waals surface area contributed by atoms with Crippen LogP contribution in [-0.2, 0) is 0 Å². The Hall–Kier alpha value is -4.03. The number of H-pyrrole nitrogens is 2. The van der Waals surface area contributed by atoms with E-state index in [4.69, 9.17) is 9.97 Å². The van der Waals surface area contributed by atoms with E-state index in [2.05, 4.69) is 88.8 Å². The lowest BCUT2D eigenvalue weighted by Gasteiger charge is -2.08. The molecule has 0 spiro atoms. The molecule has 7 rings (SSSR count). The summed E-state index contributed by atoms with van der Waals surface area (Å²) in [5.74, 6) is 2.30. The van der Waals surface area contributed by atoms with Crippen LogP contribution in [0.5, 0.6) is 0 Å². The Labute approximate surface area is 205 Å². The van der Waals surface area contributed by atoms with Crippen molar-refractivity contribution in [1.82, 2.24) is 24.9 Å². The predicted molar refractivity (Wildman–Crippen MR) is 146 cm³/mol. The van der Waals surface area contributed by atoms with E-state index in [9.17, 15) is 0 Å². The van der Waals surface area contributed by atoms with E-state index >= 15 is 0 Å². The molecule has 3 aromatic carbocycles. The quantitative estimate of drug-likeness (QED) is 0.273. The molecule has 0 atom stereocenters. The number of fused-ring (bicyclic) bond motifs is 7. The highest BCUT2D eigenvalue weighted by Crippen LogP contribution is 2.39. The number of nitrogens with zero attached hydrogens (tertiary/aromatic N) is 3. The summed E-state index contributed by atoms with van der Waals surface area (Å²) in [7, 11) is 0. The third-order valence-electron chi connectivity index (χ3n) is 6.72. The van der Waals surface area contributed by atoms with Gasteiger partial charge in [-0.15, -0.1) is 11.3 Å². The first kappa shape index (κ1) is 20.4. The number of hydrogen-bond donors (Lipinski definition) is 2. The summed E-state index contributed by atoms with van der Waals surface area (Å²) in [6.07, 6.45) is 1.87. The molecular formula is C29H23N5S. The fourth-order valence-electron chi connectivity index (χ4n) is 4.89. The van der Waals surface area contributed by atoms with Crippen molar-refractivity contribution in [2.75, 3.05) is 0 Å². The molecule has 4 heterocycles. The van der Waals surface area contributed by atoms with Crippen LogP contribution in [0.1, 0.15) is 31.4 Å². The number of pyridine rings is 1. The highest BCUT2D eigenvalue weighted by Gasteiger charge is 2.16. The van der Waals surface area contributed by atoms with Crippen LogP contribution >= 0.6 is 11.3 Å². The van der Waals surface area contributed by atoms with Gasteiger partial charge in [-0.05, 0) is 42.6 Å². The Kier molecular flexibility index (Phi) is 4.35. The molecule has 35 heavy (non-hydrogen) atoms. The Balaban J connectivity index is 1.38. The van der Waals surface area contributed by atoms with Crippen LogP contribution in [0, 0.1) is 6.92 Å². The van der Waals surface area contributed by atoms with Gasteiger partial charge >= 0.3 is 0 Å². The van der Waals surface area contributed by atoms with Crippen molar-refractivity contribution in [2.24, 2.45) is 0 Å². The largest absolute Gasteiger partial charge is 0.342 e. The second-order valence-electron chi connectivity index (χ2n) is 9.41. The van der Waals surface area contributed by atoms with Gasteiger partial charge < -0.3 is 9.97 Å². The van der Waals surface area contributed by atoms with Crippen molar-refractivity contribution < 1.29 is 0 Å². The van der Waals surface area contributed by atoms with Crippen LogP contribution in [0.2, 0.25) is 0 Å². The summed E-state index contributed by atoms with van der Waals surface area (Å²) in [6.45, 7) is 6.31. The summed E-state index contributed by atoms with van der Waals surface area (Å²) in [6, 6.07) is 19.5. The summed E-state index contributed by atoms with van der Waals surface area (Å²) >= 11 is 1.77. The van der Waals surface area contributed by atoms with Crippen molar-refractivity contribution in [1.29, 1.82) is 0 Å². The zero-order valence-electron chi connectivity index (χ0n) is 19.7. The molecule has 0 saturated heterocycles. The smallest absolute Gasteiger partial charge is 0.109 e. The lowest BCUT2D eigenvalue weighted by molar-refractivity contribution is 0.799. The molecule has 0 unspecified atom stereocenters. The van der Waals surface area contributed by atoms with E-state index in [1.165, 1.54) is 20.9 Å². The van der Waals surface area contributed by atoms with Gasteiger partial charge in [0.05, 0.1) is 34.1 Å². The van der Waals surface area contributed by atoms with Crippen LogP contribution in [-0.4, -0.2) is 24.9 Å². The summed E-state index contributed by atoms with van der Waals surface area (Å²) in [5.41, 5.74) is 7.39. The van der Waals surface area contributed by atoms with E-state index in [1.807, 2.05) is 13.1 Å². The number of aromatic nitrogens is 5. The van der Waals surface area contributed by atoms with Crippen LogP contribution in [0.3, 0.4) is 0 Å². The molecule has 0 fully saturated rings. The second kappa shape index (κ2) is 7.48. The molecule has 0 aliphatic carbocycles. The predicted octanol–water partition coefficient (Wildman–Crippen LogP) is 7.97. The number of benzene rings is 3. The van der Waals surface area contributed by atoms with Crippen molar-refractivity contribution in [3.8, 4) is 22.5 Å². The zero-order chi connectivity index (χ0) is 23.7. The maximum absolute atomic E-state index is 5.01. The highest BCUT2D eigenvalue weighted by atomic mass is 32.1. The lowest BCUT2D eigenvalue weighted by Crippen LogP contribution is -1.88. The highest BCUT2D eigenvalue weighted by molar-refractivity contribution is 7.18. The maximum atomic E-state index is 5.01. The van der Waals surface area contributed by atoms with Crippen molar-refractivity contribution >= 4 is 54.1 Å². The molecule has 0 radical (unpaired) electrons. The van der Waals surface area contributed by atoms with Crippen molar-refractivity contribution in [3.63, 3.8) is 0 Å². The molecule has 0 aliphatic rings. The molecule has 2 N–H and O–H groups in total. The van der Waals surface area contributed by atoms with Gasteiger partial charge in [-0.1, -0.05) is 38.1 Å². The molecule has 0 saturated carbocycles. The number of thiophene rings is 1. The number of aromatic amines is 2. The SMILES string of the molecule is Cc1ncc(-c2ccc3nc(-c4ccc5c(c4)c4sccc4c4nc(C(C)C)[nH]c54)ccc3c2)[nH]1. The average molecular weight is 474 g/mol.